The molecule has 42 heavy (non-hydrogen) atoms. The van der Waals surface area contributed by atoms with E-state index >= 15 is 0 Å². The quantitative estimate of drug-likeness (QED) is 0.161. The van der Waals surface area contributed by atoms with Crippen molar-refractivity contribution in [2.45, 2.75) is 13.2 Å². The lowest BCUT2D eigenvalue weighted by molar-refractivity contribution is 0.103. The molecule has 0 unspecified atom stereocenters. The van der Waals surface area contributed by atoms with E-state index in [0.29, 0.717) is 47.0 Å². The van der Waals surface area contributed by atoms with Crippen LogP contribution in [-0.4, -0.2) is 11.6 Å². The Labute approximate surface area is 244 Å². The molecule has 0 aromatic heterocycles. The van der Waals surface area contributed by atoms with Crippen LogP contribution < -0.4 is 9.47 Å². The van der Waals surface area contributed by atoms with Gasteiger partial charge in [-0.1, -0.05) is 97.1 Å². The van der Waals surface area contributed by atoms with Crippen molar-refractivity contribution in [3.05, 3.63) is 179 Å². The van der Waals surface area contributed by atoms with Gasteiger partial charge in [0.25, 0.3) is 0 Å². The Morgan fingerprint density at radius 1 is 0.381 bits per heavy atom. The summed E-state index contributed by atoms with van der Waals surface area (Å²) in [6.07, 6.45) is 0. The highest BCUT2D eigenvalue weighted by atomic mass is 16.5. The van der Waals surface area contributed by atoms with Gasteiger partial charge in [0.15, 0.2) is 11.6 Å². The third-order valence-electron chi connectivity index (χ3n) is 7.20. The first-order valence-electron chi connectivity index (χ1n) is 13.8. The summed E-state index contributed by atoms with van der Waals surface area (Å²) < 4.78 is 12.2. The Hall–Kier alpha value is -5.48. The summed E-state index contributed by atoms with van der Waals surface area (Å²) in [5, 5.41) is 2.19. The number of hydrogen-bond acceptors (Lipinski definition) is 4. The second kappa shape index (κ2) is 12.4. The van der Waals surface area contributed by atoms with Gasteiger partial charge in [0, 0.05) is 22.3 Å². The van der Waals surface area contributed by atoms with Gasteiger partial charge in [0.2, 0.25) is 0 Å². The number of benzene rings is 6. The molecule has 0 N–H and O–H groups in total. The monoisotopic (exact) mass is 548 g/mol. The number of fused-ring (bicyclic) bond motifs is 1. The molecule has 0 atom stereocenters. The Morgan fingerprint density at radius 3 is 1.10 bits per heavy atom. The SMILES string of the molecule is O=C(c1ccccc1)c1ccc(OCc2ccc(COc3ccc(C(=O)c4ccccc4)cc3)c3ccccc23)cc1. The molecule has 6 aromatic rings. The molecule has 0 amide bonds. The van der Waals surface area contributed by atoms with Gasteiger partial charge in [-0.05, 0) is 70.4 Å². The van der Waals surface area contributed by atoms with Crippen LogP contribution in [-0.2, 0) is 13.2 Å². The van der Waals surface area contributed by atoms with E-state index in [0.717, 1.165) is 21.9 Å². The molecule has 0 aliphatic rings. The first kappa shape index (κ1) is 26.7. The normalized spacial score (nSPS) is 10.8. The molecule has 0 radical (unpaired) electrons. The van der Waals surface area contributed by atoms with Crippen molar-refractivity contribution in [1.82, 2.24) is 0 Å². The van der Waals surface area contributed by atoms with Crippen molar-refractivity contribution in [1.29, 1.82) is 0 Å². The summed E-state index contributed by atoms with van der Waals surface area (Å²) in [6.45, 7) is 0.787. The summed E-state index contributed by atoms with van der Waals surface area (Å²) in [4.78, 5) is 25.4. The molecular weight excluding hydrogens is 520 g/mol. The van der Waals surface area contributed by atoms with Gasteiger partial charge in [-0.3, -0.25) is 9.59 Å². The van der Waals surface area contributed by atoms with Crippen molar-refractivity contribution >= 4 is 22.3 Å². The summed E-state index contributed by atoms with van der Waals surface area (Å²) in [7, 11) is 0. The molecule has 4 heteroatoms. The van der Waals surface area contributed by atoms with Gasteiger partial charge in [-0.15, -0.1) is 0 Å². The van der Waals surface area contributed by atoms with Crippen molar-refractivity contribution in [3.8, 4) is 11.5 Å². The van der Waals surface area contributed by atoms with Crippen LogP contribution in [0.4, 0.5) is 0 Å². The Bertz CT molecular complexity index is 1690. The minimum absolute atomic E-state index is 0.0115. The van der Waals surface area contributed by atoms with Crippen LogP contribution in [0.1, 0.15) is 43.0 Å². The van der Waals surface area contributed by atoms with Crippen LogP contribution in [0.5, 0.6) is 11.5 Å². The van der Waals surface area contributed by atoms with E-state index in [1.165, 1.54) is 0 Å². The lowest BCUT2D eigenvalue weighted by Crippen LogP contribution is -2.03. The average Bonchev–Trinajstić information content (AvgIpc) is 3.07. The van der Waals surface area contributed by atoms with Crippen molar-refractivity contribution in [3.63, 3.8) is 0 Å². The van der Waals surface area contributed by atoms with Crippen LogP contribution in [0.3, 0.4) is 0 Å². The highest BCUT2D eigenvalue weighted by Crippen LogP contribution is 2.26. The molecule has 6 aromatic carbocycles. The minimum Gasteiger partial charge on any atom is -0.489 e. The van der Waals surface area contributed by atoms with E-state index in [4.69, 9.17) is 9.47 Å². The first-order chi connectivity index (χ1) is 20.7. The van der Waals surface area contributed by atoms with E-state index in [2.05, 4.69) is 24.3 Å². The van der Waals surface area contributed by atoms with E-state index in [1.54, 1.807) is 24.3 Å². The number of hydrogen-bond donors (Lipinski definition) is 0. The zero-order chi connectivity index (χ0) is 28.7. The molecule has 0 spiro atoms. The molecular formula is C38H28O4. The maximum Gasteiger partial charge on any atom is 0.193 e. The molecule has 0 saturated heterocycles. The topological polar surface area (TPSA) is 52.6 Å². The minimum atomic E-state index is -0.0115. The summed E-state index contributed by atoms with van der Waals surface area (Å²) >= 11 is 0. The Balaban J connectivity index is 1.11. The van der Waals surface area contributed by atoms with Crippen LogP contribution in [0.2, 0.25) is 0 Å². The summed E-state index contributed by atoms with van der Waals surface area (Å²) in [5.41, 5.74) is 4.69. The van der Waals surface area contributed by atoms with E-state index in [1.807, 2.05) is 97.1 Å². The molecule has 6 rings (SSSR count). The maximum atomic E-state index is 12.7. The van der Waals surface area contributed by atoms with Gasteiger partial charge in [-0.25, -0.2) is 0 Å². The smallest absolute Gasteiger partial charge is 0.193 e. The lowest BCUT2D eigenvalue weighted by Gasteiger charge is -2.14. The molecule has 0 bridgehead atoms. The van der Waals surface area contributed by atoms with E-state index < -0.39 is 0 Å². The Morgan fingerprint density at radius 2 is 0.714 bits per heavy atom. The third kappa shape index (κ3) is 5.98. The average molecular weight is 549 g/mol. The second-order valence-corrected chi connectivity index (χ2v) is 9.95. The predicted molar refractivity (Wildman–Crippen MR) is 165 cm³/mol. The van der Waals surface area contributed by atoms with Gasteiger partial charge in [0.1, 0.15) is 24.7 Å². The molecule has 204 valence electrons. The molecule has 0 fully saturated rings. The number of rotatable bonds is 10. The zero-order valence-electron chi connectivity index (χ0n) is 22.9. The van der Waals surface area contributed by atoms with Gasteiger partial charge in [0.05, 0.1) is 0 Å². The first-order valence-corrected chi connectivity index (χ1v) is 13.8. The van der Waals surface area contributed by atoms with Crippen LogP contribution in [0, 0.1) is 0 Å². The van der Waals surface area contributed by atoms with Crippen LogP contribution in [0.15, 0.2) is 146 Å². The van der Waals surface area contributed by atoms with E-state index in [-0.39, 0.29) is 11.6 Å². The van der Waals surface area contributed by atoms with Crippen LogP contribution in [0.25, 0.3) is 10.8 Å². The zero-order valence-corrected chi connectivity index (χ0v) is 22.9. The summed E-state index contributed by atoms with van der Waals surface area (Å²) in [6, 6.07) is 45.4. The van der Waals surface area contributed by atoms with E-state index in [9.17, 15) is 9.59 Å². The van der Waals surface area contributed by atoms with Crippen molar-refractivity contribution in [2.75, 3.05) is 0 Å². The van der Waals surface area contributed by atoms with Crippen molar-refractivity contribution < 1.29 is 19.1 Å². The van der Waals surface area contributed by atoms with Gasteiger partial charge >= 0.3 is 0 Å². The number of carbonyl (C=O) groups is 2. The van der Waals surface area contributed by atoms with Crippen LogP contribution >= 0.6 is 0 Å². The number of ether oxygens (including phenoxy) is 2. The van der Waals surface area contributed by atoms with Gasteiger partial charge in [-0.2, -0.15) is 0 Å². The largest absolute Gasteiger partial charge is 0.489 e. The Kier molecular flexibility index (Phi) is 7.87. The molecule has 0 saturated carbocycles. The molecule has 4 nitrogen and oxygen atoms in total. The fourth-order valence-corrected chi connectivity index (χ4v) is 4.92. The molecule has 0 heterocycles. The fourth-order valence-electron chi connectivity index (χ4n) is 4.92. The number of carbonyl (C=O) groups excluding carboxylic acids is 2. The standard InChI is InChI=1S/C38H28O4/c39-37(27-9-3-1-4-10-27)29-17-21-33(22-18-29)41-25-31-15-16-32(36-14-8-7-13-35(31)36)26-42-34-23-19-30(20-24-34)38(40)28-11-5-2-6-12-28/h1-24H,25-26H2. The fraction of sp³-hybridized carbons (Fsp3) is 0.0526. The molecule has 0 aliphatic carbocycles. The highest BCUT2D eigenvalue weighted by molar-refractivity contribution is 6.09. The third-order valence-corrected chi connectivity index (χ3v) is 7.20. The summed E-state index contributed by atoms with van der Waals surface area (Å²) in [5.74, 6) is 1.38. The molecule has 0 aliphatic heterocycles. The number of ketones is 2. The highest BCUT2D eigenvalue weighted by Gasteiger charge is 2.11. The maximum absolute atomic E-state index is 12.7. The lowest BCUT2D eigenvalue weighted by atomic mass is 10.00. The van der Waals surface area contributed by atoms with Crippen molar-refractivity contribution in [2.24, 2.45) is 0 Å². The second-order valence-electron chi connectivity index (χ2n) is 9.95. The predicted octanol–water partition coefficient (Wildman–Crippen LogP) is 8.46. The van der Waals surface area contributed by atoms with Gasteiger partial charge < -0.3 is 9.47 Å².